The molecule has 0 aliphatic carbocycles. The first-order chi connectivity index (χ1) is 8.98. The molecule has 0 aromatic heterocycles. The zero-order valence-corrected chi connectivity index (χ0v) is 11.8. The highest BCUT2D eigenvalue weighted by molar-refractivity contribution is 6.32. The summed E-state index contributed by atoms with van der Waals surface area (Å²) in [6.45, 7) is 0. The van der Waals surface area contributed by atoms with E-state index in [1.807, 2.05) is 0 Å². The van der Waals surface area contributed by atoms with Gasteiger partial charge in [0.05, 0.1) is 5.02 Å². The summed E-state index contributed by atoms with van der Waals surface area (Å²) in [6, 6.07) is 2.14. The number of alkyl halides is 6. The minimum atomic E-state index is -4.90. The van der Waals surface area contributed by atoms with Gasteiger partial charge in [-0.05, 0) is 24.1 Å². The largest absolute Gasteiger partial charge is 0.573 e. The maximum absolute atomic E-state index is 12.0. The lowest BCUT2D eigenvalue weighted by Gasteiger charge is -2.16. The molecular formula is C11H11Cl2F6NO. The maximum Gasteiger partial charge on any atom is 0.573 e. The second-order valence-electron chi connectivity index (χ2n) is 4.00. The van der Waals surface area contributed by atoms with Crippen molar-refractivity contribution in [2.45, 2.75) is 31.4 Å². The Bertz CT molecular complexity index is 463. The van der Waals surface area contributed by atoms with Gasteiger partial charge in [0.2, 0.25) is 0 Å². The van der Waals surface area contributed by atoms with Crippen LogP contribution in [0.5, 0.6) is 5.75 Å². The summed E-state index contributed by atoms with van der Waals surface area (Å²) in [5.74, 6) is -0.633. The molecule has 1 rings (SSSR count). The molecule has 0 heterocycles. The molecule has 0 saturated carbocycles. The van der Waals surface area contributed by atoms with Crippen LogP contribution in [0.25, 0.3) is 0 Å². The van der Waals surface area contributed by atoms with Crippen molar-refractivity contribution in [2.75, 3.05) is 0 Å². The molecule has 1 aromatic carbocycles. The monoisotopic (exact) mass is 357 g/mol. The van der Waals surface area contributed by atoms with Crippen molar-refractivity contribution in [1.29, 1.82) is 0 Å². The molecular weight excluding hydrogens is 347 g/mol. The maximum atomic E-state index is 12.0. The van der Waals surface area contributed by atoms with Gasteiger partial charge in [-0.25, -0.2) is 0 Å². The molecule has 2 nitrogen and oxygen atoms in total. The van der Waals surface area contributed by atoms with E-state index in [0.29, 0.717) is 0 Å². The quantitative estimate of drug-likeness (QED) is 0.769. The first-order valence-corrected chi connectivity index (χ1v) is 5.73. The van der Waals surface area contributed by atoms with Crippen molar-refractivity contribution in [2.24, 2.45) is 5.73 Å². The predicted octanol–water partition coefficient (Wildman–Crippen LogP) is 5.00. The molecule has 0 unspecified atom stereocenters. The van der Waals surface area contributed by atoms with Crippen LogP contribution in [0.4, 0.5) is 26.3 Å². The van der Waals surface area contributed by atoms with Gasteiger partial charge in [-0.15, -0.1) is 25.6 Å². The van der Waals surface area contributed by atoms with Crippen LogP contribution >= 0.6 is 24.0 Å². The Hall–Kier alpha value is -0.860. The van der Waals surface area contributed by atoms with E-state index in [0.717, 1.165) is 18.2 Å². The van der Waals surface area contributed by atoms with E-state index >= 15 is 0 Å². The zero-order valence-electron chi connectivity index (χ0n) is 10.3. The molecule has 21 heavy (non-hydrogen) atoms. The molecule has 10 heteroatoms. The molecule has 122 valence electrons. The first-order valence-electron chi connectivity index (χ1n) is 5.35. The predicted molar refractivity (Wildman–Crippen MR) is 67.6 cm³/mol. The van der Waals surface area contributed by atoms with Gasteiger partial charge in [-0.3, -0.25) is 0 Å². The Morgan fingerprint density at radius 3 is 2.14 bits per heavy atom. The van der Waals surface area contributed by atoms with E-state index in [2.05, 4.69) is 4.74 Å². The molecule has 0 aliphatic rings. The lowest BCUT2D eigenvalue weighted by Crippen LogP contribution is -2.18. The summed E-state index contributed by atoms with van der Waals surface area (Å²) in [5.41, 5.74) is 5.73. The smallest absolute Gasteiger partial charge is 0.404 e. The first kappa shape index (κ1) is 20.1. The molecule has 1 atom stereocenters. The zero-order chi connectivity index (χ0) is 15.6. The van der Waals surface area contributed by atoms with Gasteiger partial charge in [0.1, 0.15) is 5.75 Å². The van der Waals surface area contributed by atoms with Crippen LogP contribution in [-0.4, -0.2) is 12.5 Å². The second-order valence-corrected chi connectivity index (χ2v) is 4.41. The SMILES string of the molecule is Cl.N[C@@H](CCC(F)(F)F)c1ccc(OC(F)(F)F)c(Cl)c1. The Kier molecular flexibility index (Phi) is 7.11. The molecule has 2 N–H and O–H groups in total. The van der Waals surface area contributed by atoms with E-state index in [9.17, 15) is 26.3 Å². The van der Waals surface area contributed by atoms with E-state index in [4.69, 9.17) is 17.3 Å². The van der Waals surface area contributed by atoms with Crippen LogP contribution in [0.3, 0.4) is 0 Å². The normalized spacial score (nSPS) is 13.5. The average Bonchev–Trinajstić information content (AvgIpc) is 2.26. The van der Waals surface area contributed by atoms with E-state index < -0.39 is 30.8 Å². The number of nitrogens with two attached hydrogens (primary N) is 1. The molecule has 0 bridgehead atoms. The van der Waals surface area contributed by atoms with Gasteiger partial charge in [-0.1, -0.05) is 17.7 Å². The van der Waals surface area contributed by atoms with Crippen molar-refractivity contribution < 1.29 is 31.1 Å². The number of benzene rings is 1. The Labute approximate surface area is 127 Å². The third-order valence-electron chi connectivity index (χ3n) is 2.35. The summed E-state index contributed by atoms with van der Waals surface area (Å²) in [4.78, 5) is 0. The van der Waals surface area contributed by atoms with Gasteiger partial charge in [0.15, 0.2) is 0 Å². The number of rotatable bonds is 4. The molecule has 0 aliphatic heterocycles. The summed E-state index contributed by atoms with van der Waals surface area (Å²) in [5, 5.41) is -0.373. The third kappa shape index (κ3) is 7.63. The second kappa shape index (κ2) is 7.42. The van der Waals surface area contributed by atoms with Crippen LogP contribution in [0, 0.1) is 0 Å². The topological polar surface area (TPSA) is 35.2 Å². The van der Waals surface area contributed by atoms with Gasteiger partial charge >= 0.3 is 12.5 Å². The Balaban J connectivity index is 0.00000400. The van der Waals surface area contributed by atoms with Crippen LogP contribution < -0.4 is 10.5 Å². The lowest BCUT2D eigenvalue weighted by molar-refractivity contribution is -0.274. The Morgan fingerprint density at radius 1 is 1.14 bits per heavy atom. The van der Waals surface area contributed by atoms with Gasteiger partial charge in [0, 0.05) is 12.5 Å². The third-order valence-corrected chi connectivity index (χ3v) is 2.64. The number of ether oxygens (including phenoxy) is 1. The van der Waals surface area contributed by atoms with Crippen LogP contribution in [0.15, 0.2) is 18.2 Å². The number of hydrogen-bond donors (Lipinski definition) is 1. The highest BCUT2D eigenvalue weighted by atomic mass is 35.5. The molecule has 0 saturated heterocycles. The van der Waals surface area contributed by atoms with Gasteiger partial charge in [0.25, 0.3) is 0 Å². The molecule has 1 aromatic rings. The van der Waals surface area contributed by atoms with Crippen molar-refractivity contribution in [3.8, 4) is 5.75 Å². The lowest BCUT2D eigenvalue weighted by atomic mass is 10.0. The van der Waals surface area contributed by atoms with Crippen molar-refractivity contribution in [3.63, 3.8) is 0 Å². The van der Waals surface area contributed by atoms with Crippen molar-refractivity contribution >= 4 is 24.0 Å². The number of hydrogen-bond acceptors (Lipinski definition) is 2. The molecule has 0 spiro atoms. The summed E-state index contributed by atoms with van der Waals surface area (Å²) in [6.07, 6.45) is -10.7. The van der Waals surface area contributed by atoms with Crippen LogP contribution in [0.1, 0.15) is 24.4 Å². The minimum Gasteiger partial charge on any atom is -0.404 e. The van der Waals surface area contributed by atoms with E-state index in [1.54, 1.807) is 0 Å². The van der Waals surface area contributed by atoms with Crippen molar-refractivity contribution in [1.82, 2.24) is 0 Å². The number of halogens is 8. The highest BCUT2D eigenvalue weighted by Gasteiger charge is 2.32. The van der Waals surface area contributed by atoms with E-state index in [-0.39, 0.29) is 29.4 Å². The fraction of sp³-hybridized carbons (Fsp3) is 0.455. The van der Waals surface area contributed by atoms with Crippen LogP contribution in [-0.2, 0) is 0 Å². The summed E-state index contributed by atoms with van der Waals surface area (Å²) < 4.78 is 75.7. The highest BCUT2D eigenvalue weighted by Crippen LogP contribution is 2.33. The van der Waals surface area contributed by atoms with Gasteiger partial charge in [-0.2, -0.15) is 13.2 Å². The standard InChI is InChI=1S/C11H10ClF6NO.ClH/c12-7-5-6(8(19)3-4-10(13,14)15)1-2-9(7)20-11(16,17)18;/h1-2,5,8H,3-4,19H2;1H/t8-;/m0./s1. The van der Waals surface area contributed by atoms with Crippen molar-refractivity contribution in [3.05, 3.63) is 28.8 Å². The Morgan fingerprint density at radius 2 is 1.71 bits per heavy atom. The van der Waals surface area contributed by atoms with Crippen LogP contribution in [0.2, 0.25) is 5.02 Å². The summed E-state index contributed by atoms with van der Waals surface area (Å²) in [7, 11) is 0. The average molecular weight is 358 g/mol. The van der Waals surface area contributed by atoms with E-state index in [1.165, 1.54) is 0 Å². The summed E-state index contributed by atoms with van der Waals surface area (Å²) >= 11 is 5.57. The van der Waals surface area contributed by atoms with Gasteiger partial charge < -0.3 is 10.5 Å². The molecule has 0 fully saturated rings. The molecule has 0 amide bonds. The fourth-order valence-corrected chi connectivity index (χ4v) is 1.67. The fourth-order valence-electron chi connectivity index (χ4n) is 1.44. The molecule has 0 radical (unpaired) electrons. The minimum absolute atomic E-state index is 0.